The molecule has 2 rings (SSSR count). The second-order valence-electron chi connectivity index (χ2n) is 10.2. The van der Waals surface area contributed by atoms with Gasteiger partial charge in [0.15, 0.2) is 5.78 Å². The van der Waals surface area contributed by atoms with Crippen LogP contribution in [0.3, 0.4) is 0 Å². The summed E-state index contributed by atoms with van der Waals surface area (Å²) in [5.74, 6) is 1.98. The highest BCUT2D eigenvalue weighted by Crippen LogP contribution is 2.35. The van der Waals surface area contributed by atoms with Crippen molar-refractivity contribution < 1.29 is 4.79 Å². The second kappa shape index (κ2) is 11.0. The average Bonchev–Trinajstić information content (AvgIpc) is 2.62. The smallest absolute Gasteiger partial charge is 0.182 e. The minimum atomic E-state index is 0.108. The third-order valence-corrected chi connectivity index (χ3v) is 6.66. The van der Waals surface area contributed by atoms with Gasteiger partial charge in [0.1, 0.15) is 5.69 Å². The van der Waals surface area contributed by atoms with Gasteiger partial charge in [0, 0.05) is 6.42 Å². The molecular formula is C26H42N2O. The summed E-state index contributed by atoms with van der Waals surface area (Å²) >= 11 is 0. The van der Waals surface area contributed by atoms with Crippen LogP contribution in [0.5, 0.6) is 0 Å². The van der Waals surface area contributed by atoms with E-state index in [4.69, 9.17) is 0 Å². The Morgan fingerprint density at radius 3 is 2.52 bits per heavy atom. The van der Waals surface area contributed by atoms with Gasteiger partial charge in [-0.05, 0) is 50.0 Å². The van der Waals surface area contributed by atoms with Crippen molar-refractivity contribution in [3.8, 4) is 0 Å². The van der Waals surface area contributed by atoms with Crippen LogP contribution in [0.25, 0.3) is 6.08 Å². The van der Waals surface area contributed by atoms with E-state index in [1.165, 1.54) is 50.5 Å². The number of allylic oxidation sites excluding steroid dienone is 1. The van der Waals surface area contributed by atoms with E-state index in [2.05, 4.69) is 50.7 Å². The van der Waals surface area contributed by atoms with Gasteiger partial charge in [0.2, 0.25) is 0 Å². The molecule has 0 aliphatic heterocycles. The fraction of sp³-hybridized carbons (Fsp3) is 0.731. The van der Waals surface area contributed by atoms with Gasteiger partial charge in [-0.1, -0.05) is 78.2 Å². The number of hydrogen-bond donors (Lipinski definition) is 0. The van der Waals surface area contributed by atoms with Gasteiger partial charge in [-0.2, -0.15) is 0 Å². The minimum absolute atomic E-state index is 0.108. The molecule has 1 aliphatic carbocycles. The lowest BCUT2D eigenvalue weighted by molar-refractivity contribution is 0.0972. The molecule has 29 heavy (non-hydrogen) atoms. The Kier molecular flexibility index (Phi) is 9.04. The standard InChI is InChI=1S/C26H42N2O/c1-7-11-21(17-22-13-10-14-22)12-8-9-15-25(29)24-18-27-23(20(3)28-24)16-19(2)26(4,5)6/h16,18,21-22H,7-15,17H2,1-6H3/b19-16+. The monoisotopic (exact) mass is 398 g/mol. The Labute approximate surface area is 178 Å². The normalized spacial score (nSPS) is 16.6. The van der Waals surface area contributed by atoms with Gasteiger partial charge in [-0.3, -0.25) is 9.78 Å². The molecule has 1 heterocycles. The van der Waals surface area contributed by atoms with E-state index >= 15 is 0 Å². The number of Topliss-reactive ketones (excluding diaryl/α,β-unsaturated/α-hetero) is 1. The fourth-order valence-electron chi connectivity index (χ4n) is 4.02. The molecule has 0 aromatic carbocycles. The number of aryl methyl sites for hydroxylation is 1. The topological polar surface area (TPSA) is 42.9 Å². The van der Waals surface area contributed by atoms with Crippen LogP contribution >= 0.6 is 0 Å². The number of aromatic nitrogens is 2. The van der Waals surface area contributed by atoms with Crippen molar-refractivity contribution in [1.82, 2.24) is 9.97 Å². The summed E-state index contributed by atoms with van der Waals surface area (Å²) in [6.45, 7) is 12.9. The van der Waals surface area contributed by atoms with Crippen molar-refractivity contribution in [1.29, 1.82) is 0 Å². The highest BCUT2D eigenvalue weighted by atomic mass is 16.1. The molecule has 1 aromatic rings. The van der Waals surface area contributed by atoms with Gasteiger partial charge in [-0.25, -0.2) is 4.98 Å². The molecule has 1 atom stereocenters. The Morgan fingerprint density at radius 1 is 1.24 bits per heavy atom. The number of carbonyl (C=O) groups excluding carboxylic acids is 1. The highest BCUT2D eigenvalue weighted by Gasteiger charge is 2.21. The fourth-order valence-corrected chi connectivity index (χ4v) is 4.02. The van der Waals surface area contributed by atoms with Crippen LogP contribution in [0.2, 0.25) is 0 Å². The van der Waals surface area contributed by atoms with Gasteiger partial charge in [0.05, 0.1) is 17.6 Å². The van der Waals surface area contributed by atoms with E-state index in [1.807, 2.05) is 6.92 Å². The Balaban J connectivity index is 1.83. The zero-order chi connectivity index (χ0) is 21.4. The van der Waals surface area contributed by atoms with E-state index in [0.29, 0.717) is 12.1 Å². The summed E-state index contributed by atoms with van der Waals surface area (Å²) in [5.41, 5.74) is 3.59. The number of unbranched alkanes of at least 4 members (excludes halogenated alkanes) is 1. The van der Waals surface area contributed by atoms with Crippen LogP contribution < -0.4 is 0 Å². The SMILES string of the molecule is CCCC(CCCCC(=O)c1cnc(/C=C(\C)C(C)(C)C)c(C)n1)CC1CCC1. The zero-order valence-corrected chi connectivity index (χ0v) is 19.7. The summed E-state index contributed by atoms with van der Waals surface area (Å²) in [6, 6.07) is 0. The van der Waals surface area contributed by atoms with Crippen molar-refractivity contribution in [3.05, 3.63) is 28.9 Å². The maximum Gasteiger partial charge on any atom is 0.182 e. The number of ketones is 1. The predicted octanol–water partition coefficient (Wildman–Crippen LogP) is 7.58. The molecule has 0 spiro atoms. The number of hydrogen-bond acceptors (Lipinski definition) is 3. The summed E-state index contributed by atoms with van der Waals surface area (Å²) < 4.78 is 0. The van der Waals surface area contributed by atoms with E-state index < -0.39 is 0 Å². The third kappa shape index (κ3) is 7.68. The summed E-state index contributed by atoms with van der Waals surface area (Å²) in [5, 5.41) is 0. The van der Waals surface area contributed by atoms with Gasteiger partial charge in [-0.15, -0.1) is 0 Å². The lowest BCUT2D eigenvalue weighted by Gasteiger charge is -2.29. The van der Waals surface area contributed by atoms with Crippen LogP contribution in [0.4, 0.5) is 0 Å². The van der Waals surface area contributed by atoms with E-state index in [-0.39, 0.29) is 11.2 Å². The number of rotatable bonds is 11. The van der Waals surface area contributed by atoms with Crippen LogP contribution in [-0.4, -0.2) is 15.8 Å². The lowest BCUT2D eigenvalue weighted by atomic mass is 9.76. The Morgan fingerprint density at radius 2 is 1.97 bits per heavy atom. The highest BCUT2D eigenvalue weighted by molar-refractivity contribution is 5.94. The van der Waals surface area contributed by atoms with Crippen molar-refractivity contribution in [3.63, 3.8) is 0 Å². The maximum atomic E-state index is 12.6. The predicted molar refractivity (Wildman–Crippen MR) is 123 cm³/mol. The van der Waals surface area contributed by atoms with Gasteiger partial charge >= 0.3 is 0 Å². The van der Waals surface area contributed by atoms with Crippen molar-refractivity contribution in [2.45, 2.75) is 106 Å². The molecule has 3 heteroatoms. The molecule has 0 amide bonds. The average molecular weight is 399 g/mol. The maximum absolute atomic E-state index is 12.6. The molecule has 1 fully saturated rings. The van der Waals surface area contributed by atoms with E-state index in [1.54, 1.807) is 6.20 Å². The Hall–Kier alpha value is -1.51. The first-order valence-corrected chi connectivity index (χ1v) is 11.8. The first kappa shape index (κ1) is 23.8. The molecule has 0 saturated heterocycles. The molecule has 3 nitrogen and oxygen atoms in total. The quantitative estimate of drug-likeness (QED) is 0.285. The van der Waals surface area contributed by atoms with Crippen molar-refractivity contribution in [2.75, 3.05) is 0 Å². The minimum Gasteiger partial charge on any atom is -0.292 e. The molecule has 1 aliphatic rings. The third-order valence-electron chi connectivity index (χ3n) is 6.66. The van der Waals surface area contributed by atoms with E-state index in [0.717, 1.165) is 36.1 Å². The zero-order valence-electron chi connectivity index (χ0n) is 19.7. The Bertz CT molecular complexity index is 695. The van der Waals surface area contributed by atoms with Crippen LogP contribution in [0.15, 0.2) is 11.8 Å². The molecule has 162 valence electrons. The van der Waals surface area contributed by atoms with Crippen LogP contribution in [-0.2, 0) is 0 Å². The first-order chi connectivity index (χ1) is 13.7. The lowest BCUT2D eigenvalue weighted by Crippen LogP contribution is -2.16. The van der Waals surface area contributed by atoms with Crippen LogP contribution in [0.1, 0.15) is 121 Å². The summed E-state index contributed by atoms with van der Waals surface area (Å²) in [7, 11) is 0. The summed E-state index contributed by atoms with van der Waals surface area (Å²) in [4.78, 5) is 21.7. The first-order valence-electron chi connectivity index (χ1n) is 11.8. The molecule has 0 radical (unpaired) electrons. The molecule has 0 bridgehead atoms. The molecule has 1 aromatic heterocycles. The molecule has 0 N–H and O–H groups in total. The molecule has 1 saturated carbocycles. The van der Waals surface area contributed by atoms with Crippen molar-refractivity contribution >= 4 is 11.9 Å². The van der Waals surface area contributed by atoms with Gasteiger partial charge < -0.3 is 0 Å². The van der Waals surface area contributed by atoms with Gasteiger partial charge in [0.25, 0.3) is 0 Å². The largest absolute Gasteiger partial charge is 0.292 e. The second-order valence-corrected chi connectivity index (χ2v) is 10.2. The molecular weight excluding hydrogens is 356 g/mol. The van der Waals surface area contributed by atoms with Crippen LogP contribution in [0, 0.1) is 24.2 Å². The molecule has 1 unspecified atom stereocenters. The number of carbonyl (C=O) groups is 1. The van der Waals surface area contributed by atoms with E-state index in [9.17, 15) is 4.79 Å². The van der Waals surface area contributed by atoms with Crippen molar-refractivity contribution in [2.24, 2.45) is 17.3 Å². The number of nitrogens with zero attached hydrogens (tertiary/aromatic N) is 2. The summed E-state index contributed by atoms with van der Waals surface area (Å²) in [6.07, 6.45) is 16.1.